The summed E-state index contributed by atoms with van der Waals surface area (Å²) in [5.41, 5.74) is 0.441. The Morgan fingerprint density at radius 2 is 2.25 bits per heavy atom. The molecule has 0 N–H and O–H groups in total. The fourth-order valence-electron chi connectivity index (χ4n) is 1.96. The average molecular weight is 314 g/mol. The van der Waals surface area contributed by atoms with Crippen LogP contribution in [0.4, 0.5) is 0 Å². The minimum absolute atomic E-state index is 0.0605. The van der Waals surface area contributed by atoms with E-state index < -0.39 is 0 Å². The molecule has 0 saturated carbocycles. The highest BCUT2D eigenvalue weighted by atomic mass is 35.5. The summed E-state index contributed by atoms with van der Waals surface area (Å²) in [5, 5.41) is 5.31. The van der Waals surface area contributed by atoms with Gasteiger partial charge in [0, 0.05) is 31.3 Å². The van der Waals surface area contributed by atoms with Gasteiger partial charge >= 0.3 is 0 Å². The van der Waals surface area contributed by atoms with Crippen LogP contribution >= 0.6 is 22.9 Å². The van der Waals surface area contributed by atoms with Crippen molar-refractivity contribution in [3.8, 4) is 0 Å². The van der Waals surface area contributed by atoms with Crippen LogP contribution in [0.15, 0.2) is 17.2 Å². The van der Waals surface area contributed by atoms with Gasteiger partial charge in [-0.25, -0.2) is 5.01 Å². The van der Waals surface area contributed by atoms with E-state index in [0.717, 1.165) is 4.88 Å². The van der Waals surface area contributed by atoms with E-state index in [0.29, 0.717) is 36.0 Å². The molecule has 0 aromatic carbocycles. The molecule has 0 atom stereocenters. The molecule has 0 saturated heterocycles. The highest BCUT2D eigenvalue weighted by Gasteiger charge is 2.25. The Labute approximate surface area is 126 Å². The van der Waals surface area contributed by atoms with E-state index in [2.05, 4.69) is 5.10 Å². The van der Waals surface area contributed by atoms with Gasteiger partial charge in [-0.05, 0) is 19.1 Å². The zero-order valence-electron chi connectivity index (χ0n) is 11.4. The average Bonchev–Trinajstić information content (AvgIpc) is 2.84. The Hall–Kier alpha value is -1.40. The Morgan fingerprint density at radius 3 is 2.80 bits per heavy atom. The molecule has 0 aliphatic carbocycles. The molecule has 1 aromatic rings. The third-order valence-electron chi connectivity index (χ3n) is 3.10. The summed E-state index contributed by atoms with van der Waals surface area (Å²) in [6, 6.07) is 3.74. The highest BCUT2D eigenvalue weighted by Crippen LogP contribution is 2.23. The second-order valence-corrected chi connectivity index (χ2v) is 6.29. The molecule has 2 rings (SSSR count). The molecule has 20 heavy (non-hydrogen) atoms. The number of hydrogen-bond donors (Lipinski definition) is 0. The van der Waals surface area contributed by atoms with Gasteiger partial charge in [0.1, 0.15) is 5.71 Å². The fraction of sp³-hybridized carbons (Fsp3) is 0.462. The molecular weight excluding hydrogens is 298 g/mol. The molecule has 0 fully saturated rings. The lowest BCUT2D eigenvalue weighted by atomic mass is 10.1. The topological polar surface area (TPSA) is 53.0 Å². The molecule has 0 spiro atoms. The monoisotopic (exact) mass is 313 g/mol. The van der Waals surface area contributed by atoms with Gasteiger partial charge < -0.3 is 4.90 Å². The molecule has 0 bridgehead atoms. The number of hydrazone groups is 1. The number of hydrogen-bond acceptors (Lipinski definition) is 4. The van der Waals surface area contributed by atoms with Gasteiger partial charge in [-0.2, -0.15) is 5.10 Å². The van der Waals surface area contributed by atoms with E-state index >= 15 is 0 Å². The van der Waals surface area contributed by atoms with E-state index in [9.17, 15) is 9.59 Å². The van der Waals surface area contributed by atoms with Gasteiger partial charge in [0.15, 0.2) is 0 Å². The van der Waals surface area contributed by atoms with Crippen molar-refractivity contribution in [2.45, 2.75) is 26.3 Å². The van der Waals surface area contributed by atoms with Crippen LogP contribution in [0.3, 0.4) is 0 Å². The van der Waals surface area contributed by atoms with Gasteiger partial charge in [0.05, 0.1) is 10.9 Å². The number of nitrogens with zero attached hydrogens (tertiary/aromatic N) is 3. The summed E-state index contributed by atoms with van der Waals surface area (Å²) in [7, 11) is 1.57. The van der Waals surface area contributed by atoms with E-state index in [4.69, 9.17) is 11.6 Å². The standard InChI is InChI=1S/C13H16ClN3O2S/c1-3-17(8-9-4-6-11(14)20-9)13(19)10-5-7-12(18)16(2)15-10/h4,6H,3,5,7-8H2,1-2H3. The number of carbonyl (C=O) groups excluding carboxylic acids is 2. The third kappa shape index (κ3) is 3.37. The van der Waals surface area contributed by atoms with E-state index in [1.54, 1.807) is 11.9 Å². The van der Waals surface area contributed by atoms with Crippen molar-refractivity contribution < 1.29 is 9.59 Å². The lowest BCUT2D eigenvalue weighted by molar-refractivity contribution is -0.130. The number of halogens is 1. The van der Waals surface area contributed by atoms with E-state index in [-0.39, 0.29) is 11.8 Å². The first-order chi connectivity index (χ1) is 9.51. The number of rotatable bonds is 4. The van der Waals surface area contributed by atoms with Crippen molar-refractivity contribution in [1.29, 1.82) is 0 Å². The molecule has 2 heterocycles. The van der Waals surface area contributed by atoms with Gasteiger partial charge in [-0.1, -0.05) is 11.6 Å². The van der Waals surface area contributed by atoms with Crippen LogP contribution in [0, 0.1) is 0 Å². The molecule has 108 valence electrons. The fourth-order valence-corrected chi connectivity index (χ4v) is 3.06. The van der Waals surface area contributed by atoms with Crippen molar-refractivity contribution in [3.05, 3.63) is 21.3 Å². The van der Waals surface area contributed by atoms with Crippen LogP contribution in [0.25, 0.3) is 0 Å². The summed E-state index contributed by atoms with van der Waals surface area (Å²) >= 11 is 7.36. The predicted octanol–water partition coefficient (Wildman–Crippen LogP) is 2.36. The molecule has 1 aliphatic rings. The summed E-state index contributed by atoms with van der Waals surface area (Å²) in [6.45, 7) is 3.03. The second kappa shape index (κ2) is 6.37. The normalized spacial score (nSPS) is 15.2. The SMILES string of the molecule is CCN(Cc1ccc(Cl)s1)C(=O)C1=NN(C)C(=O)CC1. The lowest BCUT2D eigenvalue weighted by Gasteiger charge is -2.24. The quantitative estimate of drug-likeness (QED) is 0.857. The Balaban J connectivity index is 2.09. The van der Waals surface area contributed by atoms with Crippen LogP contribution in [0.5, 0.6) is 0 Å². The summed E-state index contributed by atoms with van der Waals surface area (Å²) in [4.78, 5) is 26.5. The first-order valence-corrected chi connectivity index (χ1v) is 7.58. The third-order valence-corrected chi connectivity index (χ3v) is 4.31. The highest BCUT2D eigenvalue weighted by molar-refractivity contribution is 7.16. The smallest absolute Gasteiger partial charge is 0.270 e. The first-order valence-electron chi connectivity index (χ1n) is 6.38. The predicted molar refractivity (Wildman–Crippen MR) is 79.9 cm³/mol. The molecule has 5 nitrogen and oxygen atoms in total. The summed E-state index contributed by atoms with van der Waals surface area (Å²) in [6.07, 6.45) is 0.743. The Morgan fingerprint density at radius 1 is 1.50 bits per heavy atom. The summed E-state index contributed by atoms with van der Waals surface area (Å²) in [5.74, 6) is -0.175. The maximum atomic E-state index is 12.4. The first kappa shape index (κ1) is 15.0. The summed E-state index contributed by atoms with van der Waals surface area (Å²) < 4.78 is 0.712. The van der Waals surface area contributed by atoms with Crippen LogP contribution in [0.1, 0.15) is 24.6 Å². The minimum Gasteiger partial charge on any atom is -0.333 e. The van der Waals surface area contributed by atoms with Crippen molar-refractivity contribution in [1.82, 2.24) is 9.91 Å². The molecule has 7 heteroatoms. The minimum atomic E-state index is -0.114. The molecule has 1 aromatic heterocycles. The van der Waals surface area contributed by atoms with E-state index in [1.807, 2.05) is 19.1 Å². The van der Waals surface area contributed by atoms with Crippen LogP contribution in [0.2, 0.25) is 4.34 Å². The Kier molecular flexibility index (Phi) is 4.77. The van der Waals surface area contributed by atoms with Crippen molar-refractivity contribution >= 4 is 40.5 Å². The molecule has 2 amide bonds. The number of amides is 2. The largest absolute Gasteiger partial charge is 0.333 e. The maximum absolute atomic E-state index is 12.4. The van der Waals surface area contributed by atoms with Gasteiger partial charge in [0.25, 0.3) is 5.91 Å². The van der Waals surface area contributed by atoms with Crippen LogP contribution in [-0.2, 0) is 16.1 Å². The van der Waals surface area contributed by atoms with Crippen molar-refractivity contribution in [3.63, 3.8) is 0 Å². The zero-order chi connectivity index (χ0) is 14.7. The van der Waals surface area contributed by atoms with E-state index in [1.165, 1.54) is 16.3 Å². The maximum Gasteiger partial charge on any atom is 0.270 e. The molecule has 0 radical (unpaired) electrons. The van der Waals surface area contributed by atoms with Crippen molar-refractivity contribution in [2.75, 3.05) is 13.6 Å². The number of thiophene rings is 1. The lowest BCUT2D eigenvalue weighted by Crippen LogP contribution is -2.40. The zero-order valence-corrected chi connectivity index (χ0v) is 13.0. The van der Waals surface area contributed by atoms with Gasteiger partial charge in [0.2, 0.25) is 5.91 Å². The molecule has 1 aliphatic heterocycles. The second-order valence-electron chi connectivity index (χ2n) is 4.49. The van der Waals surface area contributed by atoms with Gasteiger partial charge in [-0.3, -0.25) is 9.59 Å². The van der Waals surface area contributed by atoms with Crippen LogP contribution < -0.4 is 0 Å². The number of carbonyl (C=O) groups is 2. The molecular formula is C13H16ClN3O2S. The van der Waals surface area contributed by atoms with Gasteiger partial charge in [-0.15, -0.1) is 11.3 Å². The molecule has 0 unspecified atom stereocenters. The van der Waals surface area contributed by atoms with Crippen LogP contribution in [-0.4, -0.2) is 41.0 Å². The van der Waals surface area contributed by atoms with Crippen molar-refractivity contribution in [2.24, 2.45) is 5.10 Å². The Bertz CT molecular complexity index is 556.